The van der Waals surface area contributed by atoms with Crippen molar-refractivity contribution in [1.82, 2.24) is 14.9 Å². The van der Waals surface area contributed by atoms with Gasteiger partial charge in [0.25, 0.3) is 0 Å². The number of fused-ring (bicyclic) bond motifs is 1. The first kappa shape index (κ1) is 16.8. The lowest BCUT2D eigenvalue weighted by Crippen LogP contribution is -2.39. The molecule has 0 bridgehead atoms. The molecule has 2 aliphatic rings. The van der Waals surface area contributed by atoms with E-state index in [1.807, 2.05) is 6.20 Å². The summed E-state index contributed by atoms with van der Waals surface area (Å²) in [5.41, 5.74) is 2.35. The summed E-state index contributed by atoms with van der Waals surface area (Å²) in [4.78, 5) is 11.2. The fourth-order valence-electron chi connectivity index (χ4n) is 3.19. The number of aromatic nitrogens is 2. The molecule has 1 aromatic heterocycles. The van der Waals surface area contributed by atoms with Crippen LogP contribution in [0.4, 0.5) is 0 Å². The molecule has 0 saturated carbocycles. The van der Waals surface area contributed by atoms with Gasteiger partial charge in [-0.25, -0.2) is 9.97 Å². The lowest BCUT2D eigenvalue weighted by molar-refractivity contribution is -0.0262. The number of aryl methyl sites for hydroxylation is 1. The predicted molar refractivity (Wildman–Crippen MR) is 86.2 cm³/mol. The molecular formula is C17H27N3O3. The highest BCUT2D eigenvalue weighted by Crippen LogP contribution is 2.17. The fourth-order valence-corrected chi connectivity index (χ4v) is 3.19. The Morgan fingerprint density at radius 1 is 1.52 bits per heavy atom. The van der Waals surface area contributed by atoms with Crippen molar-refractivity contribution in [3.8, 4) is 0 Å². The van der Waals surface area contributed by atoms with Gasteiger partial charge in [-0.2, -0.15) is 0 Å². The molecule has 6 nitrogen and oxygen atoms in total. The van der Waals surface area contributed by atoms with Crippen molar-refractivity contribution < 1.29 is 14.6 Å². The Balaban J connectivity index is 1.42. The summed E-state index contributed by atoms with van der Waals surface area (Å²) in [7, 11) is 0. The first-order valence-corrected chi connectivity index (χ1v) is 8.68. The van der Waals surface area contributed by atoms with E-state index in [2.05, 4.69) is 21.8 Å². The van der Waals surface area contributed by atoms with Gasteiger partial charge in [0, 0.05) is 38.9 Å². The van der Waals surface area contributed by atoms with E-state index in [0.717, 1.165) is 56.9 Å². The first-order valence-electron chi connectivity index (χ1n) is 8.68. The van der Waals surface area contributed by atoms with Crippen molar-refractivity contribution in [1.29, 1.82) is 0 Å². The zero-order chi connectivity index (χ0) is 16.1. The van der Waals surface area contributed by atoms with Gasteiger partial charge in [0.05, 0.1) is 31.1 Å². The van der Waals surface area contributed by atoms with Gasteiger partial charge in [-0.15, -0.1) is 0 Å². The molecule has 3 rings (SSSR count). The predicted octanol–water partition coefficient (Wildman–Crippen LogP) is 0.954. The van der Waals surface area contributed by atoms with E-state index in [1.165, 1.54) is 5.56 Å². The van der Waals surface area contributed by atoms with Crippen LogP contribution in [0.3, 0.4) is 0 Å². The minimum Gasteiger partial charge on any atom is -0.389 e. The largest absolute Gasteiger partial charge is 0.389 e. The number of β-amino-alcohol motifs (C(OH)–C–C–N with tert-alkyl or cyclic N) is 1. The molecular weight excluding hydrogens is 294 g/mol. The minimum absolute atomic E-state index is 0.216. The smallest absolute Gasteiger partial charge is 0.128 e. The molecule has 1 N–H and O–H groups in total. The minimum atomic E-state index is -0.467. The molecule has 6 heteroatoms. The van der Waals surface area contributed by atoms with Crippen molar-refractivity contribution in [3.05, 3.63) is 23.3 Å². The molecule has 23 heavy (non-hydrogen) atoms. The summed E-state index contributed by atoms with van der Waals surface area (Å²) < 4.78 is 11.1. The maximum atomic E-state index is 10.2. The average Bonchev–Trinajstić information content (AvgIpc) is 3.07. The van der Waals surface area contributed by atoms with E-state index < -0.39 is 6.10 Å². The normalized spacial score (nSPS) is 23.0. The molecule has 0 amide bonds. The zero-order valence-corrected chi connectivity index (χ0v) is 13.9. The lowest BCUT2D eigenvalue weighted by Gasteiger charge is -2.29. The Hall–Kier alpha value is -1.08. The zero-order valence-electron chi connectivity index (χ0n) is 13.9. The van der Waals surface area contributed by atoms with Gasteiger partial charge in [-0.05, 0) is 24.8 Å². The third-order valence-corrected chi connectivity index (χ3v) is 4.50. The second kappa shape index (κ2) is 8.15. The number of aliphatic hydroxyl groups excluding tert-OH is 1. The van der Waals surface area contributed by atoms with Crippen LogP contribution < -0.4 is 0 Å². The Labute approximate surface area is 137 Å². The van der Waals surface area contributed by atoms with Crippen LogP contribution in [0.25, 0.3) is 0 Å². The van der Waals surface area contributed by atoms with E-state index in [4.69, 9.17) is 9.47 Å². The maximum Gasteiger partial charge on any atom is 0.128 e. The molecule has 2 atom stereocenters. The quantitative estimate of drug-likeness (QED) is 0.807. The van der Waals surface area contributed by atoms with Gasteiger partial charge in [0.1, 0.15) is 5.82 Å². The van der Waals surface area contributed by atoms with Crippen LogP contribution in [-0.4, -0.2) is 65.1 Å². The van der Waals surface area contributed by atoms with Gasteiger partial charge < -0.3 is 14.6 Å². The van der Waals surface area contributed by atoms with Gasteiger partial charge in [-0.1, -0.05) is 6.92 Å². The van der Waals surface area contributed by atoms with E-state index >= 15 is 0 Å². The molecule has 1 saturated heterocycles. The van der Waals surface area contributed by atoms with E-state index in [-0.39, 0.29) is 6.10 Å². The summed E-state index contributed by atoms with van der Waals surface area (Å²) in [6, 6.07) is 0. The lowest BCUT2D eigenvalue weighted by atomic mass is 10.1. The van der Waals surface area contributed by atoms with Crippen LogP contribution in [0.1, 0.15) is 36.8 Å². The van der Waals surface area contributed by atoms with E-state index in [1.54, 1.807) is 0 Å². The second-order valence-electron chi connectivity index (χ2n) is 6.42. The molecule has 1 fully saturated rings. The fraction of sp³-hybridized carbons (Fsp3) is 0.765. The summed E-state index contributed by atoms with van der Waals surface area (Å²) in [6.07, 6.45) is 5.69. The van der Waals surface area contributed by atoms with Crippen LogP contribution in [-0.2, 0) is 28.9 Å². The molecule has 0 spiro atoms. The summed E-state index contributed by atoms with van der Waals surface area (Å²) in [5, 5.41) is 10.2. The molecule has 2 aliphatic heterocycles. The van der Waals surface area contributed by atoms with Crippen LogP contribution in [0.15, 0.2) is 6.20 Å². The van der Waals surface area contributed by atoms with Crippen LogP contribution in [0, 0.1) is 0 Å². The van der Waals surface area contributed by atoms with E-state index in [9.17, 15) is 5.11 Å². The Morgan fingerprint density at radius 3 is 3.22 bits per heavy atom. The second-order valence-corrected chi connectivity index (χ2v) is 6.42. The Morgan fingerprint density at radius 2 is 2.43 bits per heavy atom. The molecule has 0 radical (unpaired) electrons. The van der Waals surface area contributed by atoms with Crippen LogP contribution in [0.2, 0.25) is 0 Å². The molecule has 0 aromatic carbocycles. The number of aliphatic hydroxyl groups is 1. The third-order valence-electron chi connectivity index (χ3n) is 4.50. The van der Waals surface area contributed by atoms with Gasteiger partial charge in [-0.3, -0.25) is 4.90 Å². The van der Waals surface area contributed by atoms with Crippen LogP contribution >= 0.6 is 0 Å². The highest BCUT2D eigenvalue weighted by atomic mass is 16.5. The van der Waals surface area contributed by atoms with Crippen molar-refractivity contribution in [3.63, 3.8) is 0 Å². The number of hydrogen-bond acceptors (Lipinski definition) is 6. The summed E-state index contributed by atoms with van der Waals surface area (Å²) >= 11 is 0. The summed E-state index contributed by atoms with van der Waals surface area (Å²) in [5.74, 6) is 0.894. The molecule has 2 unspecified atom stereocenters. The van der Waals surface area contributed by atoms with Gasteiger partial charge in [0.15, 0.2) is 0 Å². The van der Waals surface area contributed by atoms with Gasteiger partial charge in [0.2, 0.25) is 0 Å². The number of hydrogen-bond donors (Lipinski definition) is 1. The molecule has 1 aromatic rings. The van der Waals surface area contributed by atoms with Crippen molar-refractivity contribution in [2.75, 3.05) is 32.9 Å². The maximum absolute atomic E-state index is 10.2. The van der Waals surface area contributed by atoms with E-state index in [0.29, 0.717) is 19.8 Å². The number of nitrogens with zero attached hydrogens (tertiary/aromatic N) is 3. The SMILES string of the molecule is CCc1ncc2c(n1)CN(CC(O)COCC1CCCO1)CC2. The van der Waals surface area contributed by atoms with Crippen LogP contribution in [0.5, 0.6) is 0 Å². The highest BCUT2D eigenvalue weighted by molar-refractivity contribution is 5.20. The van der Waals surface area contributed by atoms with Crippen molar-refractivity contribution in [2.45, 2.75) is 51.4 Å². The summed E-state index contributed by atoms with van der Waals surface area (Å²) in [6.45, 7) is 6.21. The third kappa shape index (κ3) is 4.70. The van der Waals surface area contributed by atoms with Crippen molar-refractivity contribution in [2.24, 2.45) is 0 Å². The standard InChI is InChI=1S/C17H27N3O3/c1-2-17-18-8-13-5-6-20(10-16(13)19-17)9-14(21)11-22-12-15-4-3-7-23-15/h8,14-15,21H,2-7,9-12H2,1H3. The topological polar surface area (TPSA) is 67.7 Å². The Bertz CT molecular complexity index is 506. The molecule has 3 heterocycles. The average molecular weight is 321 g/mol. The van der Waals surface area contributed by atoms with Crippen molar-refractivity contribution >= 4 is 0 Å². The Kier molecular flexibility index (Phi) is 5.94. The first-order chi connectivity index (χ1) is 11.2. The molecule has 128 valence electrons. The number of rotatable bonds is 7. The monoisotopic (exact) mass is 321 g/mol. The molecule has 0 aliphatic carbocycles. The highest BCUT2D eigenvalue weighted by Gasteiger charge is 2.21. The number of ether oxygens (including phenoxy) is 2. The van der Waals surface area contributed by atoms with Gasteiger partial charge >= 0.3 is 0 Å².